The van der Waals surface area contributed by atoms with Gasteiger partial charge in [-0.2, -0.15) is 0 Å². The van der Waals surface area contributed by atoms with E-state index in [2.05, 4.69) is 27.8 Å². The Hall–Kier alpha value is -3.32. The van der Waals surface area contributed by atoms with Gasteiger partial charge in [-0.3, -0.25) is 4.79 Å². The van der Waals surface area contributed by atoms with Gasteiger partial charge in [0.25, 0.3) is 0 Å². The summed E-state index contributed by atoms with van der Waals surface area (Å²) >= 11 is 3.58. The fraction of sp³-hybridized carbons (Fsp3) is 0.231. The molecule has 33 heavy (non-hydrogen) atoms. The van der Waals surface area contributed by atoms with Crippen LogP contribution in [-0.2, 0) is 9.53 Å². The van der Waals surface area contributed by atoms with Crippen molar-refractivity contribution in [3.05, 3.63) is 87.1 Å². The van der Waals surface area contributed by atoms with Crippen molar-refractivity contribution in [3.63, 3.8) is 0 Å². The van der Waals surface area contributed by atoms with Crippen LogP contribution in [0.15, 0.2) is 70.4 Å². The number of rotatable bonds is 7. The number of esters is 1. The second-order valence-corrected chi connectivity index (χ2v) is 8.47. The van der Waals surface area contributed by atoms with Crippen molar-refractivity contribution in [1.82, 2.24) is 5.32 Å². The zero-order valence-corrected chi connectivity index (χ0v) is 20.2. The largest absolute Gasteiger partial charge is 0.490 e. The lowest BCUT2D eigenvalue weighted by Gasteiger charge is -2.29. The molecule has 0 radical (unpaired) electrons. The average Bonchev–Trinajstić information content (AvgIpc) is 3.09. The molecule has 2 aliphatic rings. The summed E-state index contributed by atoms with van der Waals surface area (Å²) in [6.45, 7) is 8.11. The molecule has 0 spiro atoms. The van der Waals surface area contributed by atoms with E-state index in [9.17, 15) is 9.59 Å². The second kappa shape index (κ2) is 9.27. The van der Waals surface area contributed by atoms with E-state index < -0.39 is 11.9 Å². The molecule has 1 atom stereocenters. The number of allylic oxidation sites excluding steroid dienone is 2. The second-order valence-electron chi connectivity index (χ2n) is 7.61. The molecule has 0 saturated heterocycles. The number of dihydropyridines is 1. The number of Topliss-reactive ketones (excluding diaryl/α,β-unsaturated/α-hetero) is 1. The van der Waals surface area contributed by atoms with Gasteiger partial charge in [-0.25, -0.2) is 4.79 Å². The summed E-state index contributed by atoms with van der Waals surface area (Å²) in [7, 11) is 1.34. The molecule has 1 aliphatic carbocycles. The highest BCUT2D eigenvalue weighted by atomic mass is 79.9. The zero-order chi connectivity index (χ0) is 23.7. The number of nitrogens with one attached hydrogen (secondary N) is 1. The van der Waals surface area contributed by atoms with Gasteiger partial charge in [0.1, 0.15) is 6.61 Å². The Morgan fingerprint density at radius 2 is 1.94 bits per heavy atom. The molecular formula is C26H24BrNO5. The Morgan fingerprint density at radius 3 is 2.61 bits per heavy atom. The van der Waals surface area contributed by atoms with Gasteiger partial charge in [-0.05, 0) is 47.5 Å². The summed E-state index contributed by atoms with van der Waals surface area (Å²) in [6.07, 6.45) is 1.65. The van der Waals surface area contributed by atoms with Crippen molar-refractivity contribution < 1.29 is 23.8 Å². The van der Waals surface area contributed by atoms with Gasteiger partial charge < -0.3 is 19.5 Å². The van der Waals surface area contributed by atoms with Crippen molar-refractivity contribution >= 4 is 33.4 Å². The normalized spacial score (nSPS) is 16.7. The van der Waals surface area contributed by atoms with Gasteiger partial charge in [0.2, 0.25) is 0 Å². The van der Waals surface area contributed by atoms with E-state index in [-0.39, 0.29) is 5.78 Å². The molecule has 7 heteroatoms. The lowest BCUT2D eigenvalue weighted by Crippen LogP contribution is -2.29. The van der Waals surface area contributed by atoms with Crippen molar-refractivity contribution in [3.8, 4) is 11.5 Å². The summed E-state index contributed by atoms with van der Waals surface area (Å²) in [5.41, 5.74) is 4.38. The van der Waals surface area contributed by atoms with Crippen LogP contribution < -0.4 is 14.8 Å². The quantitative estimate of drug-likeness (QED) is 0.410. The first-order chi connectivity index (χ1) is 15.9. The van der Waals surface area contributed by atoms with E-state index in [0.29, 0.717) is 62.9 Å². The Morgan fingerprint density at radius 1 is 1.21 bits per heavy atom. The number of ether oxygens (including phenoxy) is 3. The summed E-state index contributed by atoms with van der Waals surface area (Å²) in [5.74, 6) is -0.216. The van der Waals surface area contributed by atoms with E-state index in [1.54, 1.807) is 12.1 Å². The van der Waals surface area contributed by atoms with E-state index in [1.165, 1.54) is 7.11 Å². The van der Waals surface area contributed by atoms with Crippen molar-refractivity contribution in [2.75, 3.05) is 20.3 Å². The first kappa shape index (κ1) is 22.9. The van der Waals surface area contributed by atoms with Crippen LogP contribution in [0.5, 0.6) is 11.5 Å². The van der Waals surface area contributed by atoms with Crippen LogP contribution in [0.4, 0.5) is 0 Å². The molecule has 1 heterocycles. The number of benzene rings is 2. The van der Waals surface area contributed by atoms with Crippen LogP contribution in [0.2, 0.25) is 0 Å². The number of ketones is 1. The third-order valence-electron chi connectivity index (χ3n) is 5.66. The summed E-state index contributed by atoms with van der Waals surface area (Å²) in [6, 6.07) is 11.1. The molecule has 1 aliphatic heterocycles. The molecule has 0 fully saturated rings. The number of halogens is 1. The van der Waals surface area contributed by atoms with Gasteiger partial charge in [-0.1, -0.05) is 36.9 Å². The van der Waals surface area contributed by atoms with Gasteiger partial charge in [0, 0.05) is 28.3 Å². The highest BCUT2D eigenvalue weighted by Gasteiger charge is 2.43. The first-order valence-corrected chi connectivity index (χ1v) is 11.4. The molecule has 0 unspecified atom stereocenters. The predicted octanol–water partition coefficient (Wildman–Crippen LogP) is 5.15. The average molecular weight is 510 g/mol. The third-order valence-corrected chi connectivity index (χ3v) is 6.25. The fourth-order valence-electron chi connectivity index (χ4n) is 4.34. The van der Waals surface area contributed by atoms with Crippen LogP contribution in [0.25, 0.3) is 5.70 Å². The van der Waals surface area contributed by atoms with Crippen LogP contribution in [0.1, 0.15) is 41.3 Å². The molecule has 0 saturated carbocycles. The topological polar surface area (TPSA) is 73.9 Å². The summed E-state index contributed by atoms with van der Waals surface area (Å²) in [4.78, 5) is 26.4. The number of methoxy groups -OCH3 is 1. The molecule has 2 aromatic rings. The molecule has 0 amide bonds. The van der Waals surface area contributed by atoms with Crippen molar-refractivity contribution in [2.24, 2.45) is 0 Å². The van der Waals surface area contributed by atoms with Crippen molar-refractivity contribution in [2.45, 2.75) is 19.8 Å². The lowest BCUT2D eigenvalue weighted by molar-refractivity contribution is -0.136. The first-order valence-electron chi connectivity index (χ1n) is 10.6. The van der Waals surface area contributed by atoms with Gasteiger partial charge in [0.05, 0.1) is 29.5 Å². The number of hydrogen-bond acceptors (Lipinski definition) is 6. The van der Waals surface area contributed by atoms with E-state index >= 15 is 0 Å². The monoisotopic (exact) mass is 509 g/mol. The summed E-state index contributed by atoms with van der Waals surface area (Å²) in [5, 5.41) is 3.28. The maximum Gasteiger partial charge on any atom is 0.336 e. The van der Waals surface area contributed by atoms with E-state index in [1.807, 2.05) is 44.2 Å². The minimum absolute atomic E-state index is 0.118. The predicted molar refractivity (Wildman–Crippen MR) is 129 cm³/mol. The van der Waals surface area contributed by atoms with Crippen LogP contribution in [0, 0.1) is 0 Å². The molecule has 4 rings (SSSR count). The van der Waals surface area contributed by atoms with Gasteiger partial charge >= 0.3 is 5.97 Å². The molecular weight excluding hydrogens is 486 g/mol. The van der Waals surface area contributed by atoms with E-state index in [0.717, 1.165) is 5.56 Å². The van der Waals surface area contributed by atoms with Crippen LogP contribution in [0.3, 0.4) is 0 Å². The maximum absolute atomic E-state index is 13.5. The SMILES string of the molecule is C=CCOc1c(Br)cc([C@@H]2C(C(=O)OC)=C(C)NC3=C2C(=O)c2ccccc23)cc1OCC. The maximum atomic E-state index is 13.5. The Labute approximate surface area is 201 Å². The van der Waals surface area contributed by atoms with E-state index in [4.69, 9.17) is 14.2 Å². The third kappa shape index (κ3) is 3.86. The minimum atomic E-state index is -0.641. The molecule has 0 bridgehead atoms. The minimum Gasteiger partial charge on any atom is -0.490 e. The zero-order valence-electron chi connectivity index (χ0n) is 18.7. The lowest BCUT2D eigenvalue weighted by atomic mass is 9.79. The fourth-order valence-corrected chi connectivity index (χ4v) is 4.92. The molecule has 6 nitrogen and oxygen atoms in total. The molecule has 1 N–H and O–H groups in total. The standard InChI is InChI=1S/C26H24BrNO5/c1-5-11-33-25-18(27)12-15(13-19(25)32-6-2)21-20(26(30)31-4)14(3)28-23-16-9-7-8-10-17(16)24(29)22(21)23/h5,7-10,12-13,21,28H,1,6,11H2,2-4H3/t21-/m1/s1. The number of fused-ring (bicyclic) bond motifs is 2. The van der Waals surface area contributed by atoms with Crippen LogP contribution in [-0.4, -0.2) is 32.1 Å². The molecule has 2 aromatic carbocycles. The number of carbonyl (C=O) groups is 2. The van der Waals surface area contributed by atoms with Crippen LogP contribution >= 0.6 is 15.9 Å². The van der Waals surface area contributed by atoms with Crippen molar-refractivity contribution in [1.29, 1.82) is 0 Å². The molecule has 0 aromatic heterocycles. The highest BCUT2D eigenvalue weighted by molar-refractivity contribution is 9.10. The Balaban J connectivity index is 1.94. The molecule has 170 valence electrons. The Kier molecular flexibility index (Phi) is 6.42. The smallest absolute Gasteiger partial charge is 0.336 e. The summed E-state index contributed by atoms with van der Waals surface area (Å²) < 4.78 is 17.4. The van der Waals surface area contributed by atoms with Gasteiger partial charge in [0.15, 0.2) is 17.3 Å². The highest BCUT2D eigenvalue weighted by Crippen LogP contribution is 2.49. The number of carbonyl (C=O) groups excluding carboxylic acids is 2. The Bertz CT molecular complexity index is 1230. The number of hydrogen-bond donors (Lipinski definition) is 1. The van der Waals surface area contributed by atoms with Gasteiger partial charge in [-0.15, -0.1) is 0 Å².